The van der Waals surface area contributed by atoms with Crippen LogP contribution in [0.3, 0.4) is 0 Å². The number of unbranched alkanes of at least 4 members (excludes halogenated alkanes) is 2. The lowest BCUT2D eigenvalue weighted by Gasteiger charge is -2.10. The van der Waals surface area contributed by atoms with E-state index in [1.165, 1.54) is 16.1 Å². The number of Topliss-reactive ketones (excluding diaryl/α,β-unsaturated/α-hetero) is 2. The van der Waals surface area contributed by atoms with Gasteiger partial charge >= 0.3 is 5.69 Å². The third-order valence-electron chi connectivity index (χ3n) is 4.43. The summed E-state index contributed by atoms with van der Waals surface area (Å²) in [5.41, 5.74) is -0.00253. The number of hydrogen-bond acceptors (Lipinski definition) is 5. The van der Waals surface area contributed by atoms with Gasteiger partial charge in [-0.05, 0) is 39.5 Å². The lowest BCUT2D eigenvalue weighted by atomic mass is 10.2. The van der Waals surface area contributed by atoms with Crippen molar-refractivity contribution in [1.82, 2.24) is 18.7 Å². The molecule has 0 fully saturated rings. The molecule has 0 aliphatic rings. The van der Waals surface area contributed by atoms with Crippen molar-refractivity contribution in [1.29, 1.82) is 0 Å². The van der Waals surface area contributed by atoms with Crippen LogP contribution in [0, 0.1) is 0 Å². The molecule has 0 radical (unpaired) electrons. The molecule has 0 aromatic carbocycles. The van der Waals surface area contributed by atoms with Crippen molar-refractivity contribution in [3.05, 3.63) is 27.2 Å². The fourth-order valence-corrected chi connectivity index (χ4v) is 3.03. The third kappa shape index (κ3) is 4.56. The summed E-state index contributed by atoms with van der Waals surface area (Å²) in [6.45, 7) is 3.97. The van der Waals surface area contributed by atoms with Crippen LogP contribution in [0.1, 0.15) is 52.4 Å². The van der Waals surface area contributed by atoms with Crippen molar-refractivity contribution in [2.24, 2.45) is 7.05 Å². The van der Waals surface area contributed by atoms with Crippen molar-refractivity contribution in [2.45, 2.75) is 65.5 Å². The highest BCUT2D eigenvalue weighted by Gasteiger charge is 2.15. The van der Waals surface area contributed by atoms with Crippen LogP contribution < -0.4 is 11.2 Å². The number of ketones is 2. The van der Waals surface area contributed by atoms with E-state index in [2.05, 4.69) is 4.98 Å². The Morgan fingerprint density at radius 3 is 2.12 bits per heavy atom. The van der Waals surface area contributed by atoms with E-state index < -0.39 is 5.56 Å². The van der Waals surface area contributed by atoms with Gasteiger partial charge in [-0.1, -0.05) is 0 Å². The standard InChI is InChI=1S/C18H26N4O4/c1-13(23)8-4-6-10-21-12-19-15-16(21)20(3)18(26)22(17(15)25)11-7-5-9-14(2)24/h12H,4-11H2,1-3H3. The Kier molecular flexibility index (Phi) is 6.65. The molecule has 0 N–H and O–H groups in total. The van der Waals surface area contributed by atoms with Gasteiger partial charge in [-0.2, -0.15) is 0 Å². The minimum atomic E-state index is -0.395. The largest absolute Gasteiger partial charge is 0.332 e. The Labute approximate surface area is 151 Å². The van der Waals surface area contributed by atoms with E-state index in [0.29, 0.717) is 37.9 Å². The number of carbonyl (C=O) groups is 2. The number of hydrogen-bond donors (Lipinski definition) is 0. The summed E-state index contributed by atoms with van der Waals surface area (Å²) < 4.78 is 4.42. The number of imidazole rings is 1. The summed E-state index contributed by atoms with van der Waals surface area (Å²) in [4.78, 5) is 51.4. The molecule has 0 atom stereocenters. The highest BCUT2D eigenvalue weighted by atomic mass is 16.2. The van der Waals surface area contributed by atoms with Crippen molar-refractivity contribution in [3.8, 4) is 0 Å². The van der Waals surface area contributed by atoms with Gasteiger partial charge in [0.2, 0.25) is 0 Å². The Morgan fingerprint density at radius 2 is 1.54 bits per heavy atom. The van der Waals surface area contributed by atoms with Crippen molar-refractivity contribution in [3.63, 3.8) is 0 Å². The van der Waals surface area contributed by atoms with Crippen LogP contribution in [-0.4, -0.2) is 30.3 Å². The molecule has 0 aliphatic carbocycles. The molecule has 0 saturated heterocycles. The highest BCUT2D eigenvalue weighted by Crippen LogP contribution is 2.09. The van der Waals surface area contributed by atoms with Gasteiger partial charge in [0.15, 0.2) is 5.52 Å². The van der Waals surface area contributed by atoms with Gasteiger partial charge in [-0.3, -0.25) is 13.9 Å². The van der Waals surface area contributed by atoms with Gasteiger partial charge in [-0.25, -0.2) is 9.78 Å². The molecule has 26 heavy (non-hydrogen) atoms. The van der Waals surface area contributed by atoms with E-state index in [-0.39, 0.29) is 29.3 Å². The zero-order valence-corrected chi connectivity index (χ0v) is 15.7. The summed E-state index contributed by atoms with van der Waals surface area (Å²) in [6.07, 6.45) is 5.31. The quantitative estimate of drug-likeness (QED) is 0.596. The molecule has 0 spiro atoms. The monoisotopic (exact) mass is 362 g/mol. The molecular formula is C18H26N4O4. The Morgan fingerprint density at radius 1 is 0.962 bits per heavy atom. The molecule has 2 aromatic rings. The highest BCUT2D eigenvalue weighted by molar-refractivity contribution is 5.75. The van der Waals surface area contributed by atoms with E-state index in [1.807, 2.05) is 0 Å². The Bertz CT molecular complexity index is 920. The van der Waals surface area contributed by atoms with E-state index in [1.54, 1.807) is 24.9 Å². The van der Waals surface area contributed by atoms with Crippen LogP contribution in [0.25, 0.3) is 11.2 Å². The minimum absolute atomic E-state index is 0.101. The minimum Gasteiger partial charge on any atom is -0.316 e. The second kappa shape index (κ2) is 8.73. The first kappa shape index (κ1) is 19.8. The first-order chi connectivity index (χ1) is 12.3. The first-order valence-electron chi connectivity index (χ1n) is 8.96. The Balaban J connectivity index is 2.22. The van der Waals surface area contributed by atoms with Crippen molar-refractivity contribution in [2.75, 3.05) is 0 Å². The van der Waals surface area contributed by atoms with Crippen LogP contribution in [0.4, 0.5) is 0 Å². The third-order valence-corrected chi connectivity index (χ3v) is 4.43. The molecule has 0 amide bonds. The average molecular weight is 362 g/mol. The number of fused-ring (bicyclic) bond motifs is 1. The van der Waals surface area contributed by atoms with Gasteiger partial charge in [0.1, 0.15) is 17.2 Å². The fourth-order valence-electron chi connectivity index (χ4n) is 3.03. The van der Waals surface area contributed by atoms with Crippen LogP contribution in [-0.2, 0) is 29.7 Å². The van der Waals surface area contributed by atoms with Gasteiger partial charge in [0, 0.05) is 33.0 Å². The molecule has 0 saturated carbocycles. The smallest absolute Gasteiger partial charge is 0.316 e. The zero-order valence-electron chi connectivity index (χ0n) is 15.7. The summed E-state index contributed by atoms with van der Waals surface area (Å²) in [6, 6.07) is 0. The predicted molar refractivity (Wildman–Crippen MR) is 98.3 cm³/mol. The van der Waals surface area contributed by atoms with Crippen LogP contribution >= 0.6 is 0 Å². The zero-order chi connectivity index (χ0) is 19.3. The molecule has 142 valence electrons. The molecule has 8 heteroatoms. The topological polar surface area (TPSA) is 96.0 Å². The summed E-state index contributed by atoms with van der Waals surface area (Å²) in [5.74, 6) is 0.254. The van der Waals surface area contributed by atoms with Crippen LogP contribution in [0.2, 0.25) is 0 Å². The molecule has 8 nitrogen and oxygen atoms in total. The Hall–Kier alpha value is -2.51. The predicted octanol–water partition coefficient (Wildman–Crippen LogP) is 1.42. The number of aromatic nitrogens is 4. The fraction of sp³-hybridized carbons (Fsp3) is 0.611. The molecule has 2 heterocycles. The van der Waals surface area contributed by atoms with Gasteiger partial charge in [0.05, 0.1) is 6.33 Å². The number of nitrogens with zero attached hydrogens (tertiary/aromatic N) is 4. The van der Waals surface area contributed by atoms with Gasteiger partial charge < -0.3 is 14.2 Å². The average Bonchev–Trinajstić information content (AvgIpc) is 3.00. The van der Waals surface area contributed by atoms with Crippen LogP contribution in [0.5, 0.6) is 0 Å². The van der Waals surface area contributed by atoms with E-state index in [0.717, 1.165) is 12.8 Å². The molecule has 0 aliphatic heterocycles. The SMILES string of the molecule is CC(=O)CCCCn1c(=O)c2ncn(CCCCC(C)=O)c2n(C)c1=O. The number of rotatable bonds is 10. The maximum Gasteiger partial charge on any atom is 0.332 e. The maximum atomic E-state index is 12.6. The molecule has 2 rings (SSSR count). The number of carbonyl (C=O) groups excluding carboxylic acids is 2. The first-order valence-corrected chi connectivity index (χ1v) is 8.96. The molecular weight excluding hydrogens is 336 g/mol. The summed E-state index contributed by atoms with van der Waals surface area (Å²) in [7, 11) is 1.63. The lowest BCUT2D eigenvalue weighted by Crippen LogP contribution is -2.39. The molecule has 0 unspecified atom stereocenters. The summed E-state index contributed by atoms with van der Waals surface area (Å²) in [5, 5.41) is 0. The second-order valence-electron chi connectivity index (χ2n) is 6.73. The lowest BCUT2D eigenvalue weighted by molar-refractivity contribution is -0.118. The second-order valence-corrected chi connectivity index (χ2v) is 6.73. The maximum absolute atomic E-state index is 12.6. The van der Waals surface area contributed by atoms with E-state index in [4.69, 9.17) is 0 Å². The number of aryl methyl sites for hydroxylation is 2. The molecule has 2 aromatic heterocycles. The summed E-state index contributed by atoms with van der Waals surface area (Å²) >= 11 is 0. The van der Waals surface area contributed by atoms with Crippen molar-refractivity contribution >= 4 is 22.7 Å². The van der Waals surface area contributed by atoms with Gasteiger partial charge in [0.25, 0.3) is 5.56 Å². The van der Waals surface area contributed by atoms with Gasteiger partial charge in [-0.15, -0.1) is 0 Å². The van der Waals surface area contributed by atoms with E-state index in [9.17, 15) is 19.2 Å². The normalized spacial score (nSPS) is 11.2. The van der Waals surface area contributed by atoms with Crippen molar-refractivity contribution < 1.29 is 9.59 Å². The van der Waals surface area contributed by atoms with E-state index >= 15 is 0 Å². The molecule has 0 bridgehead atoms. The van der Waals surface area contributed by atoms with Crippen LogP contribution in [0.15, 0.2) is 15.9 Å².